The van der Waals surface area contributed by atoms with E-state index in [1.807, 2.05) is 60.9 Å². The number of benzene rings is 2. The number of rotatable bonds is 4. The molecule has 0 saturated carbocycles. The normalized spacial score (nSPS) is 12.0. The minimum Gasteiger partial charge on any atom is -0.354 e. The molecule has 0 aliphatic carbocycles. The summed E-state index contributed by atoms with van der Waals surface area (Å²) >= 11 is 0. The maximum atomic E-state index is 5.32. The van der Waals surface area contributed by atoms with Crippen molar-refractivity contribution >= 4 is 46.4 Å². The van der Waals surface area contributed by atoms with Gasteiger partial charge in [0.25, 0.3) is 0 Å². The fourth-order valence-electron chi connectivity index (χ4n) is 6.58. The van der Waals surface area contributed by atoms with Crippen molar-refractivity contribution in [3.63, 3.8) is 0 Å². The smallest absolute Gasteiger partial charge is 0.0753 e. The van der Waals surface area contributed by atoms with Crippen molar-refractivity contribution in [2.45, 2.75) is 0 Å². The summed E-state index contributed by atoms with van der Waals surface area (Å²) in [5, 5.41) is 0. The summed E-state index contributed by atoms with van der Waals surface area (Å²) in [6, 6.07) is 41.2. The SMILES string of the molecule is C1=Cc2nc1c(-c1ccccc1)c1ccc([nH]1)c(-c1ccccn1)c1nc(c(-c3ccccn3)c3ccc([nH]3)c2-c2ccccc2)C=C1. The first kappa shape index (κ1) is 27.6. The number of nitrogens with zero attached hydrogens (tertiary/aromatic N) is 4. The predicted molar refractivity (Wildman–Crippen MR) is 196 cm³/mol. The molecule has 0 amide bonds. The standard InChI is InChI=1S/C42H28N6/c1-3-11-27(12-4-1)39-31-17-18-32(45-31)40(28-13-5-2-6-14-28)34-20-22-36(47-34)42(30-16-8-10-26-44-30)38-24-23-37(48-38)41(29-15-7-9-25-43-29)35-21-19-33(39)46-35/h1-26,46-47H. The third-order valence-corrected chi connectivity index (χ3v) is 8.72. The maximum Gasteiger partial charge on any atom is 0.0753 e. The van der Waals surface area contributed by atoms with Gasteiger partial charge in [-0.2, -0.15) is 0 Å². The van der Waals surface area contributed by atoms with Gasteiger partial charge in [0.1, 0.15) is 0 Å². The Bertz CT molecular complexity index is 2180. The Kier molecular flexibility index (Phi) is 6.68. The summed E-state index contributed by atoms with van der Waals surface area (Å²) in [6.07, 6.45) is 12.0. The van der Waals surface area contributed by atoms with Crippen LogP contribution in [-0.4, -0.2) is 29.9 Å². The van der Waals surface area contributed by atoms with Crippen molar-refractivity contribution < 1.29 is 0 Å². The number of nitrogens with one attached hydrogen (secondary N) is 2. The lowest BCUT2D eigenvalue weighted by atomic mass is 10.0. The molecule has 226 valence electrons. The summed E-state index contributed by atoms with van der Waals surface area (Å²) < 4.78 is 0. The molecule has 0 unspecified atom stereocenters. The van der Waals surface area contributed by atoms with E-state index in [9.17, 15) is 0 Å². The van der Waals surface area contributed by atoms with Gasteiger partial charge in [0.2, 0.25) is 0 Å². The Hall–Kier alpha value is -6.66. The highest BCUT2D eigenvalue weighted by Gasteiger charge is 2.19. The van der Waals surface area contributed by atoms with Gasteiger partial charge in [-0.05, 0) is 84.0 Å². The van der Waals surface area contributed by atoms with Crippen molar-refractivity contribution in [3.8, 4) is 44.8 Å². The lowest BCUT2D eigenvalue weighted by Gasteiger charge is -2.06. The molecule has 6 nitrogen and oxygen atoms in total. The molecule has 2 N–H and O–H groups in total. The number of aromatic amines is 2. The van der Waals surface area contributed by atoms with E-state index >= 15 is 0 Å². The maximum absolute atomic E-state index is 5.32. The molecule has 0 radical (unpaired) electrons. The topological polar surface area (TPSA) is 83.1 Å². The van der Waals surface area contributed by atoms with E-state index in [0.29, 0.717) is 0 Å². The zero-order valence-electron chi connectivity index (χ0n) is 25.8. The van der Waals surface area contributed by atoms with Gasteiger partial charge in [-0.25, -0.2) is 9.97 Å². The van der Waals surface area contributed by atoms with Gasteiger partial charge in [0, 0.05) is 45.7 Å². The van der Waals surface area contributed by atoms with Crippen LogP contribution in [0, 0.1) is 0 Å². The summed E-state index contributed by atoms with van der Waals surface area (Å²) in [4.78, 5) is 27.6. The number of aromatic nitrogens is 6. The Labute approximate surface area is 276 Å². The third kappa shape index (κ3) is 4.84. The summed E-state index contributed by atoms with van der Waals surface area (Å²) in [5.74, 6) is 0. The van der Waals surface area contributed by atoms with E-state index in [-0.39, 0.29) is 0 Å². The van der Waals surface area contributed by atoms with Crippen LogP contribution < -0.4 is 0 Å². The zero-order chi connectivity index (χ0) is 31.9. The third-order valence-electron chi connectivity index (χ3n) is 8.72. The minimum atomic E-state index is 0.816. The monoisotopic (exact) mass is 616 g/mol. The Morgan fingerprint density at radius 2 is 0.688 bits per heavy atom. The fraction of sp³-hybridized carbons (Fsp3) is 0. The molecule has 0 fully saturated rings. The fourth-order valence-corrected chi connectivity index (χ4v) is 6.58. The molecule has 0 saturated heterocycles. The molecule has 5 aromatic heterocycles. The second-order valence-electron chi connectivity index (χ2n) is 11.7. The number of fused-ring (bicyclic) bond motifs is 8. The van der Waals surface area contributed by atoms with E-state index in [2.05, 4.69) is 107 Å². The van der Waals surface area contributed by atoms with E-state index in [1.54, 1.807) is 0 Å². The molecule has 2 aliphatic rings. The van der Waals surface area contributed by atoms with E-state index in [0.717, 1.165) is 89.6 Å². The lowest BCUT2D eigenvalue weighted by Crippen LogP contribution is -1.91. The highest BCUT2D eigenvalue weighted by atomic mass is 14.8. The second-order valence-corrected chi connectivity index (χ2v) is 11.7. The van der Waals surface area contributed by atoms with Crippen LogP contribution in [0.2, 0.25) is 0 Å². The Morgan fingerprint density at radius 3 is 1.06 bits per heavy atom. The summed E-state index contributed by atoms with van der Waals surface area (Å²) in [7, 11) is 0. The van der Waals surface area contributed by atoms with Crippen LogP contribution >= 0.6 is 0 Å². The van der Waals surface area contributed by atoms with Crippen LogP contribution in [0.5, 0.6) is 0 Å². The zero-order valence-corrected chi connectivity index (χ0v) is 25.8. The largest absolute Gasteiger partial charge is 0.354 e. The van der Waals surface area contributed by atoms with Gasteiger partial charge in [-0.15, -0.1) is 0 Å². The van der Waals surface area contributed by atoms with Crippen LogP contribution in [0.1, 0.15) is 22.8 Å². The van der Waals surface area contributed by atoms with Crippen LogP contribution in [-0.2, 0) is 0 Å². The molecule has 2 aromatic carbocycles. The van der Waals surface area contributed by atoms with Crippen LogP contribution in [0.4, 0.5) is 0 Å². The average Bonchev–Trinajstić information content (AvgIpc) is 3.98. The quantitative estimate of drug-likeness (QED) is 0.206. The minimum absolute atomic E-state index is 0.816. The van der Waals surface area contributed by atoms with Crippen molar-refractivity contribution in [3.05, 3.63) is 156 Å². The van der Waals surface area contributed by atoms with Gasteiger partial charge in [0.05, 0.1) is 45.2 Å². The van der Waals surface area contributed by atoms with Gasteiger partial charge in [-0.1, -0.05) is 72.8 Å². The van der Waals surface area contributed by atoms with Crippen molar-refractivity contribution in [1.29, 1.82) is 0 Å². The second kappa shape index (κ2) is 11.6. The van der Waals surface area contributed by atoms with Crippen molar-refractivity contribution in [1.82, 2.24) is 29.9 Å². The van der Waals surface area contributed by atoms with Crippen LogP contribution in [0.3, 0.4) is 0 Å². The van der Waals surface area contributed by atoms with E-state index < -0.39 is 0 Å². The Balaban J connectivity index is 1.49. The molecule has 0 atom stereocenters. The summed E-state index contributed by atoms with van der Waals surface area (Å²) in [6.45, 7) is 0. The first-order valence-electron chi connectivity index (χ1n) is 15.9. The van der Waals surface area contributed by atoms with E-state index in [4.69, 9.17) is 19.9 Å². The van der Waals surface area contributed by atoms with Crippen LogP contribution in [0.15, 0.2) is 134 Å². The molecule has 7 heterocycles. The first-order chi connectivity index (χ1) is 23.8. The van der Waals surface area contributed by atoms with Gasteiger partial charge in [-0.3, -0.25) is 9.97 Å². The number of hydrogen-bond donors (Lipinski definition) is 2. The highest BCUT2D eigenvalue weighted by Crippen LogP contribution is 2.37. The number of H-pyrrole nitrogens is 2. The van der Waals surface area contributed by atoms with Crippen molar-refractivity contribution in [2.24, 2.45) is 0 Å². The summed E-state index contributed by atoms with van der Waals surface area (Å²) in [5.41, 5.74) is 14.8. The number of pyridine rings is 2. The van der Waals surface area contributed by atoms with Gasteiger partial charge in [0.15, 0.2) is 0 Å². The molecular formula is C42H28N6. The molecule has 8 bridgehead atoms. The molecule has 48 heavy (non-hydrogen) atoms. The lowest BCUT2D eigenvalue weighted by molar-refractivity contribution is 1.26. The van der Waals surface area contributed by atoms with E-state index in [1.165, 1.54) is 0 Å². The molecular weight excluding hydrogens is 589 g/mol. The molecule has 2 aliphatic heterocycles. The average molecular weight is 617 g/mol. The molecule has 9 rings (SSSR count). The van der Waals surface area contributed by atoms with Crippen LogP contribution in [0.25, 0.3) is 91.1 Å². The van der Waals surface area contributed by atoms with Crippen molar-refractivity contribution in [2.75, 3.05) is 0 Å². The van der Waals surface area contributed by atoms with Gasteiger partial charge < -0.3 is 9.97 Å². The molecule has 0 spiro atoms. The molecule has 7 aromatic rings. The van der Waals surface area contributed by atoms with Gasteiger partial charge >= 0.3 is 0 Å². The number of hydrogen-bond acceptors (Lipinski definition) is 4. The molecule has 6 heteroatoms. The predicted octanol–water partition coefficient (Wildman–Crippen LogP) is 10.1. The first-order valence-corrected chi connectivity index (χ1v) is 15.9. The highest BCUT2D eigenvalue weighted by molar-refractivity contribution is 5.99. The Morgan fingerprint density at radius 1 is 0.333 bits per heavy atom.